The summed E-state index contributed by atoms with van der Waals surface area (Å²) in [7, 11) is 1.72. The molecule has 0 saturated carbocycles. The largest absolute Gasteiger partial charge is 0.416 e. The Bertz CT molecular complexity index is 581. The van der Waals surface area contributed by atoms with Crippen LogP contribution in [0.2, 0.25) is 0 Å². The third-order valence-corrected chi connectivity index (χ3v) is 3.05. The number of nitrogens with zero attached hydrogens (tertiary/aromatic N) is 3. The number of nitrogens with two attached hydrogens (primary N) is 1. The summed E-state index contributed by atoms with van der Waals surface area (Å²) in [5.74, 6) is 5.08. The average Bonchev–Trinajstić information content (AvgIpc) is 2.73. The molecule has 0 unspecified atom stereocenters. The molecule has 0 aliphatic carbocycles. The van der Waals surface area contributed by atoms with E-state index in [2.05, 4.69) is 15.5 Å². The van der Waals surface area contributed by atoms with Gasteiger partial charge in [0.05, 0.1) is 16.7 Å². The minimum Gasteiger partial charge on any atom is -0.308 e. The van der Waals surface area contributed by atoms with Crippen LogP contribution >= 0.6 is 11.8 Å². The summed E-state index contributed by atoms with van der Waals surface area (Å²) in [6, 6.07) is 1.83. The lowest BCUT2D eigenvalue weighted by Crippen LogP contribution is -2.12. The van der Waals surface area contributed by atoms with Crippen LogP contribution in [0.3, 0.4) is 0 Å². The molecule has 0 aliphatic rings. The third-order valence-electron chi connectivity index (χ3n) is 2.18. The highest BCUT2D eigenvalue weighted by Gasteiger charge is 2.31. The molecular formula is C10H10F3N5S. The van der Waals surface area contributed by atoms with Gasteiger partial charge in [-0.05, 0) is 12.1 Å². The first-order valence-electron chi connectivity index (χ1n) is 5.11. The molecule has 3 N–H and O–H groups in total. The predicted molar refractivity (Wildman–Crippen MR) is 64.4 cm³/mol. The van der Waals surface area contributed by atoms with Crippen LogP contribution < -0.4 is 11.3 Å². The Morgan fingerprint density at radius 2 is 2.11 bits per heavy atom. The zero-order valence-electron chi connectivity index (χ0n) is 9.77. The molecule has 0 atom stereocenters. The van der Waals surface area contributed by atoms with Gasteiger partial charge in [0.25, 0.3) is 0 Å². The number of pyridine rings is 1. The van der Waals surface area contributed by atoms with Crippen molar-refractivity contribution in [3.8, 4) is 0 Å². The molecule has 0 radical (unpaired) electrons. The van der Waals surface area contributed by atoms with Crippen LogP contribution in [-0.2, 0) is 13.2 Å². The Balaban J connectivity index is 2.34. The van der Waals surface area contributed by atoms with E-state index in [1.807, 2.05) is 0 Å². The lowest BCUT2D eigenvalue weighted by atomic mass is 10.2. The molecule has 0 aromatic carbocycles. The van der Waals surface area contributed by atoms with Crippen molar-refractivity contribution in [1.82, 2.24) is 14.8 Å². The SMILES string of the molecule is Cn1cc(Sc2cc(C(F)(F)F)cc(NN)n2)cn1. The first-order valence-corrected chi connectivity index (χ1v) is 5.92. The summed E-state index contributed by atoms with van der Waals surface area (Å²) < 4.78 is 39.7. The smallest absolute Gasteiger partial charge is 0.308 e. The first kappa shape index (κ1) is 13.7. The Labute approximate surface area is 111 Å². The molecule has 0 spiro atoms. The molecule has 0 fully saturated rings. The lowest BCUT2D eigenvalue weighted by Gasteiger charge is -2.10. The van der Waals surface area contributed by atoms with E-state index in [4.69, 9.17) is 5.84 Å². The number of alkyl halides is 3. The molecule has 0 bridgehead atoms. The van der Waals surface area contributed by atoms with Gasteiger partial charge < -0.3 is 5.43 Å². The molecule has 0 amide bonds. The van der Waals surface area contributed by atoms with Crippen LogP contribution in [0.15, 0.2) is 34.4 Å². The standard InChI is InChI=1S/C10H10F3N5S/c1-18-5-7(4-15-18)19-9-3-6(10(11,12)13)2-8(16-9)17-14/h2-5H,14H2,1H3,(H,16,17). The molecule has 2 heterocycles. The van der Waals surface area contributed by atoms with Crippen molar-refractivity contribution in [2.24, 2.45) is 12.9 Å². The molecule has 2 aromatic heterocycles. The van der Waals surface area contributed by atoms with Crippen molar-refractivity contribution < 1.29 is 13.2 Å². The number of nitrogens with one attached hydrogen (secondary N) is 1. The topological polar surface area (TPSA) is 68.8 Å². The van der Waals surface area contributed by atoms with Crippen LogP contribution in [0.5, 0.6) is 0 Å². The predicted octanol–water partition coefficient (Wildman–Crippen LogP) is 2.27. The maximum absolute atomic E-state index is 12.7. The Hall–Kier alpha value is -1.74. The fraction of sp³-hybridized carbons (Fsp3) is 0.200. The summed E-state index contributed by atoms with van der Waals surface area (Å²) in [5, 5.41) is 4.12. The van der Waals surface area contributed by atoms with Gasteiger partial charge in [-0.15, -0.1) is 0 Å². The fourth-order valence-corrected chi connectivity index (χ4v) is 2.24. The molecule has 5 nitrogen and oxygen atoms in total. The average molecular weight is 289 g/mol. The van der Waals surface area contributed by atoms with Crippen molar-refractivity contribution in [3.05, 3.63) is 30.1 Å². The zero-order valence-corrected chi connectivity index (χ0v) is 10.6. The highest BCUT2D eigenvalue weighted by atomic mass is 32.2. The van der Waals surface area contributed by atoms with Gasteiger partial charge in [0, 0.05) is 13.2 Å². The molecule has 102 valence electrons. The van der Waals surface area contributed by atoms with Crippen molar-refractivity contribution in [1.29, 1.82) is 0 Å². The van der Waals surface area contributed by atoms with E-state index < -0.39 is 11.7 Å². The van der Waals surface area contributed by atoms with Crippen molar-refractivity contribution in [3.63, 3.8) is 0 Å². The quantitative estimate of drug-likeness (QED) is 0.670. The highest BCUT2D eigenvalue weighted by Crippen LogP contribution is 2.34. The lowest BCUT2D eigenvalue weighted by molar-refractivity contribution is -0.137. The first-order chi connectivity index (χ1) is 8.88. The number of anilines is 1. The Morgan fingerprint density at radius 3 is 2.63 bits per heavy atom. The Kier molecular flexibility index (Phi) is 3.67. The summed E-state index contributed by atoms with van der Waals surface area (Å²) in [6.07, 6.45) is -1.22. The van der Waals surface area contributed by atoms with Crippen LogP contribution in [0.4, 0.5) is 19.0 Å². The van der Waals surface area contributed by atoms with Crippen molar-refractivity contribution >= 4 is 17.6 Å². The second kappa shape index (κ2) is 5.10. The van der Waals surface area contributed by atoms with E-state index >= 15 is 0 Å². The van der Waals surface area contributed by atoms with E-state index in [9.17, 15) is 13.2 Å². The summed E-state index contributed by atoms with van der Waals surface area (Å²) >= 11 is 1.08. The maximum Gasteiger partial charge on any atom is 0.416 e. The third kappa shape index (κ3) is 3.38. The maximum atomic E-state index is 12.7. The van der Waals surface area contributed by atoms with Gasteiger partial charge in [0.15, 0.2) is 0 Å². The molecule has 0 aliphatic heterocycles. The number of nitrogen functional groups attached to an aromatic ring is 1. The van der Waals surface area contributed by atoms with Gasteiger partial charge >= 0.3 is 6.18 Å². The van der Waals surface area contributed by atoms with Crippen LogP contribution in [0.25, 0.3) is 0 Å². The highest BCUT2D eigenvalue weighted by molar-refractivity contribution is 7.99. The van der Waals surface area contributed by atoms with E-state index in [1.54, 1.807) is 24.1 Å². The van der Waals surface area contributed by atoms with E-state index in [0.717, 1.165) is 23.9 Å². The molecule has 2 aromatic rings. The Morgan fingerprint density at radius 1 is 1.37 bits per heavy atom. The minimum absolute atomic E-state index is 0.0405. The van der Waals surface area contributed by atoms with E-state index in [0.29, 0.717) is 4.90 Å². The van der Waals surface area contributed by atoms with E-state index in [-0.39, 0.29) is 10.8 Å². The van der Waals surface area contributed by atoms with Crippen LogP contribution in [0, 0.1) is 0 Å². The monoisotopic (exact) mass is 289 g/mol. The number of hydrogen-bond acceptors (Lipinski definition) is 5. The molecular weight excluding hydrogens is 279 g/mol. The van der Waals surface area contributed by atoms with Gasteiger partial charge in [-0.1, -0.05) is 11.8 Å². The van der Waals surface area contributed by atoms with E-state index in [1.165, 1.54) is 0 Å². The van der Waals surface area contributed by atoms with Gasteiger partial charge in [0.2, 0.25) is 0 Å². The summed E-state index contributed by atoms with van der Waals surface area (Å²) in [4.78, 5) is 4.65. The van der Waals surface area contributed by atoms with Gasteiger partial charge in [-0.3, -0.25) is 4.68 Å². The normalized spacial score (nSPS) is 11.6. The van der Waals surface area contributed by atoms with Crippen LogP contribution in [0.1, 0.15) is 5.56 Å². The summed E-state index contributed by atoms with van der Waals surface area (Å²) in [6.45, 7) is 0. The van der Waals surface area contributed by atoms with Crippen molar-refractivity contribution in [2.45, 2.75) is 16.1 Å². The second-order valence-corrected chi connectivity index (χ2v) is 4.77. The number of aromatic nitrogens is 3. The molecule has 2 rings (SSSR count). The zero-order chi connectivity index (χ0) is 14.0. The minimum atomic E-state index is -4.45. The second-order valence-electron chi connectivity index (χ2n) is 3.67. The number of aryl methyl sites for hydroxylation is 1. The number of halogens is 3. The number of hydrazine groups is 1. The number of hydrogen-bond donors (Lipinski definition) is 2. The molecule has 0 saturated heterocycles. The van der Waals surface area contributed by atoms with Gasteiger partial charge in [-0.25, -0.2) is 10.8 Å². The molecule has 19 heavy (non-hydrogen) atoms. The summed E-state index contributed by atoms with van der Waals surface area (Å²) in [5.41, 5.74) is 1.32. The van der Waals surface area contributed by atoms with Gasteiger partial charge in [-0.2, -0.15) is 18.3 Å². The fourth-order valence-electron chi connectivity index (χ4n) is 1.37. The molecule has 9 heteroatoms. The number of rotatable bonds is 3. The van der Waals surface area contributed by atoms with Crippen LogP contribution in [-0.4, -0.2) is 14.8 Å². The van der Waals surface area contributed by atoms with Gasteiger partial charge in [0.1, 0.15) is 10.8 Å². The van der Waals surface area contributed by atoms with Crippen molar-refractivity contribution in [2.75, 3.05) is 5.43 Å².